The van der Waals surface area contributed by atoms with Crippen LogP contribution in [-0.2, 0) is 30.3 Å². The number of hydrogen-bond acceptors (Lipinski definition) is 6. The lowest BCUT2D eigenvalue weighted by Gasteiger charge is -2.17. The van der Waals surface area contributed by atoms with Gasteiger partial charge >= 0.3 is 11.9 Å². The maximum atomic E-state index is 12.2. The predicted molar refractivity (Wildman–Crippen MR) is 113 cm³/mol. The molecule has 1 aromatic rings. The first-order chi connectivity index (χ1) is 14.1. The number of unbranched alkanes of at least 4 members (excludes halogenated alkanes) is 3. The minimum atomic E-state index is -0.399. The van der Waals surface area contributed by atoms with Crippen LogP contribution in [0.15, 0.2) is 30.3 Å². The zero-order valence-electron chi connectivity index (χ0n) is 17.8. The van der Waals surface area contributed by atoms with Gasteiger partial charge in [-0.1, -0.05) is 49.6 Å². The van der Waals surface area contributed by atoms with Gasteiger partial charge in [0, 0.05) is 25.8 Å². The molecule has 6 nitrogen and oxygen atoms in total. The molecule has 0 radical (unpaired) electrons. The van der Waals surface area contributed by atoms with Gasteiger partial charge in [-0.25, -0.2) is 0 Å². The second kappa shape index (κ2) is 15.7. The van der Waals surface area contributed by atoms with Crippen molar-refractivity contribution in [1.29, 1.82) is 0 Å². The van der Waals surface area contributed by atoms with Crippen LogP contribution in [-0.4, -0.2) is 43.5 Å². The van der Waals surface area contributed by atoms with Crippen molar-refractivity contribution in [3.05, 3.63) is 35.9 Å². The third-order valence-corrected chi connectivity index (χ3v) is 4.54. The number of carbonyl (C=O) groups is 3. The molecule has 1 aromatic carbocycles. The van der Waals surface area contributed by atoms with Crippen molar-refractivity contribution in [3.63, 3.8) is 0 Å². The normalized spacial score (nSPS) is 11.7. The van der Waals surface area contributed by atoms with Gasteiger partial charge < -0.3 is 14.8 Å². The van der Waals surface area contributed by atoms with Crippen molar-refractivity contribution in [1.82, 2.24) is 5.32 Å². The second-order valence-corrected chi connectivity index (χ2v) is 6.97. The summed E-state index contributed by atoms with van der Waals surface area (Å²) in [5, 5.41) is 3.18. The molecule has 1 atom stereocenters. The number of ketones is 1. The van der Waals surface area contributed by atoms with Crippen LogP contribution in [0.1, 0.15) is 64.4 Å². The molecule has 1 unspecified atom stereocenters. The summed E-state index contributed by atoms with van der Waals surface area (Å²) in [5.41, 5.74) is 1.00. The average Bonchev–Trinajstić information content (AvgIpc) is 2.70. The summed E-state index contributed by atoms with van der Waals surface area (Å²) < 4.78 is 10.1. The molecule has 162 valence electrons. The Hall–Kier alpha value is -2.21. The lowest BCUT2D eigenvalue weighted by Crippen LogP contribution is -2.39. The van der Waals surface area contributed by atoms with Crippen molar-refractivity contribution in [2.75, 3.05) is 19.8 Å². The van der Waals surface area contributed by atoms with E-state index >= 15 is 0 Å². The Morgan fingerprint density at radius 1 is 0.897 bits per heavy atom. The fourth-order valence-electron chi connectivity index (χ4n) is 3.05. The van der Waals surface area contributed by atoms with Crippen LogP contribution in [0.5, 0.6) is 0 Å². The van der Waals surface area contributed by atoms with Gasteiger partial charge in [0.1, 0.15) is 11.8 Å². The number of esters is 2. The largest absolute Gasteiger partial charge is 0.466 e. The number of hydrogen-bond donors (Lipinski definition) is 1. The first-order valence-electron chi connectivity index (χ1n) is 10.7. The summed E-state index contributed by atoms with van der Waals surface area (Å²) in [6.45, 7) is 4.80. The number of benzene rings is 1. The third-order valence-electron chi connectivity index (χ3n) is 4.54. The number of carbonyl (C=O) groups excluding carboxylic acids is 3. The highest BCUT2D eigenvalue weighted by molar-refractivity contribution is 5.81. The highest BCUT2D eigenvalue weighted by Gasteiger charge is 2.19. The molecule has 6 heteroatoms. The zero-order valence-corrected chi connectivity index (χ0v) is 17.8. The van der Waals surface area contributed by atoms with Crippen LogP contribution in [0.2, 0.25) is 0 Å². The molecule has 1 rings (SSSR count). The summed E-state index contributed by atoms with van der Waals surface area (Å²) in [6, 6.07) is 9.25. The highest BCUT2D eigenvalue weighted by atomic mass is 16.5. The molecule has 1 N–H and O–H groups in total. The quantitative estimate of drug-likeness (QED) is 0.334. The zero-order chi connectivity index (χ0) is 21.3. The molecule has 0 fully saturated rings. The second-order valence-electron chi connectivity index (χ2n) is 6.97. The minimum absolute atomic E-state index is 0.144. The van der Waals surface area contributed by atoms with E-state index in [1.54, 1.807) is 13.8 Å². The maximum Gasteiger partial charge on any atom is 0.323 e. The molecule has 0 aromatic heterocycles. The Bertz CT molecular complexity index is 603. The molecular weight excluding hydrogens is 370 g/mol. The minimum Gasteiger partial charge on any atom is -0.466 e. The van der Waals surface area contributed by atoms with Crippen LogP contribution in [0.3, 0.4) is 0 Å². The number of nitrogens with one attached hydrogen (secondary N) is 1. The SMILES string of the molecule is CCOC(=O)CCCCCCC(NCCC(=O)Cc1ccccc1)C(=O)OCC. The predicted octanol–water partition coefficient (Wildman–Crippen LogP) is 3.61. The van der Waals surface area contributed by atoms with Gasteiger partial charge in [-0.2, -0.15) is 0 Å². The van der Waals surface area contributed by atoms with E-state index in [0.717, 1.165) is 31.2 Å². The molecule has 0 aliphatic rings. The van der Waals surface area contributed by atoms with E-state index in [1.165, 1.54) is 0 Å². The van der Waals surface area contributed by atoms with E-state index in [-0.39, 0.29) is 17.7 Å². The number of rotatable bonds is 16. The van der Waals surface area contributed by atoms with Crippen molar-refractivity contribution < 1.29 is 23.9 Å². The Balaban J connectivity index is 2.28. The van der Waals surface area contributed by atoms with E-state index < -0.39 is 6.04 Å². The van der Waals surface area contributed by atoms with Gasteiger partial charge in [-0.15, -0.1) is 0 Å². The standard InChI is InChI=1S/C23H35NO5/c1-3-28-22(26)15-11-6-5-10-14-21(23(27)29-4-2)24-17-16-20(25)18-19-12-8-7-9-13-19/h7-9,12-13,21,24H,3-6,10-11,14-18H2,1-2H3. The van der Waals surface area contributed by atoms with Crippen molar-refractivity contribution in [3.8, 4) is 0 Å². The summed E-state index contributed by atoms with van der Waals surface area (Å²) in [7, 11) is 0. The molecule has 0 saturated carbocycles. The molecule has 29 heavy (non-hydrogen) atoms. The third kappa shape index (κ3) is 12.1. The lowest BCUT2D eigenvalue weighted by molar-refractivity contribution is -0.146. The van der Waals surface area contributed by atoms with Crippen LogP contribution in [0, 0.1) is 0 Å². The van der Waals surface area contributed by atoms with Crippen LogP contribution in [0.25, 0.3) is 0 Å². The first-order valence-corrected chi connectivity index (χ1v) is 10.7. The summed E-state index contributed by atoms with van der Waals surface area (Å²) >= 11 is 0. The van der Waals surface area contributed by atoms with Crippen LogP contribution in [0.4, 0.5) is 0 Å². The van der Waals surface area contributed by atoms with Crippen LogP contribution < -0.4 is 5.32 Å². The number of Topliss-reactive ketones (excluding diaryl/α,β-unsaturated/α-hetero) is 1. The van der Waals surface area contributed by atoms with E-state index in [9.17, 15) is 14.4 Å². The van der Waals surface area contributed by atoms with Gasteiger partial charge in [0.2, 0.25) is 0 Å². The van der Waals surface area contributed by atoms with Crippen molar-refractivity contribution >= 4 is 17.7 Å². The fourth-order valence-corrected chi connectivity index (χ4v) is 3.05. The first kappa shape index (κ1) is 24.8. The number of ether oxygens (including phenoxy) is 2. The summed E-state index contributed by atoms with van der Waals surface area (Å²) in [6.07, 6.45) is 5.40. The van der Waals surface area contributed by atoms with Gasteiger partial charge in [0.15, 0.2) is 0 Å². The van der Waals surface area contributed by atoms with E-state index in [1.807, 2.05) is 30.3 Å². The Labute approximate surface area is 174 Å². The molecule has 0 aliphatic heterocycles. The highest BCUT2D eigenvalue weighted by Crippen LogP contribution is 2.10. The van der Waals surface area contributed by atoms with Crippen LogP contribution >= 0.6 is 0 Å². The van der Waals surface area contributed by atoms with Crippen molar-refractivity contribution in [2.45, 2.75) is 71.3 Å². The Morgan fingerprint density at radius 2 is 1.59 bits per heavy atom. The van der Waals surface area contributed by atoms with E-state index in [0.29, 0.717) is 45.4 Å². The Kier molecular flexibility index (Phi) is 13.4. The van der Waals surface area contributed by atoms with E-state index in [4.69, 9.17) is 9.47 Å². The maximum absolute atomic E-state index is 12.2. The van der Waals surface area contributed by atoms with E-state index in [2.05, 4.69) is 5.32 Å². The summed E-state index contributed by atoms with van der Waals surface area (Å²) in [5.74, 6) is -0.279. The molecule has 0 aliphatic carbocycles. The van der Waals surface area contributed by atoms with Gasteiger partial charge in [-0.05, 0) is 32.3 Å². The Morgan fingerprint density at radius 3 is 2.28 bits per heavy atom. The smallest absolute Gasteiger partial charge is 0.323 e. The van der Waals surface area contributed by atoms with Gasteiger partial charge in [0.05, 0.1) is 13.2 Å². The van der Waals surface area contributed by atoms with Gasteiger partial charge in [0.25, 0.3) is 0 Å². The molecule has 0 saturated heterocycles. The molecule has 0 amide bonds. The fraction of sp³-hybridized carbons (Fsp3) is 0.609. The monoisotopic (exact) mass is 405 g/mol. The molecular formula is C23H35NO5. The topological polar surface area (TPSA) is 81.7 Å². The molecule has 0 bridgehead atoms. The average molecular weight is 406 g/mol. The lowest BCUT2D eigenvalue weighted by atomic mass is 10.0. The molecule has 0 spiro atoms. The molecule has 0 heterocycles. The van der Waals surface area contributed by atoms with Gasteiger partial charge in [-0.3, -0.25) is 14.4 Å². The summed E-state index contributed by atoms with van der Waals surface area (Å²) in [4.78, 5) is 35.6. The van der Waals surface area contributed by atoms with Crippen molar-refractivity contribution in [2.24, 2.45) is 0 Å².